The molecular formula is C20H16FN5O. The fraction of sp³-hybridized carbons (Fsp3) is 0.200. The van der Waals surface area contributed by atoms with Crippen molar-refractivity contribution < 1.29 is 9.18 Å². The molecule has 0 atom stereocenters. The molecule has 0 N–H and O–H groups in total. The number of anilines is 1. The van der Waals surface area contributed by atoms with Crippen molar-refractivity contribution >= 4 is 28.2 Å². The smallest absolute Gasteiger partial charge is 0.186 e. The third kappa shape index (κ3) is 2.54. The van der Waals surface area contributed by atoms with Crippen LogP contribution in [0.4, 0.5) is 10.2 Å². The predicted octanol–water partition coefficient (Wildman–Crippen LogP) is 3.25. The fourth-order valence-electron chi connectivity index (χ4n) is 3.58. The lowest BCUT2D eigenvalue weighted by Gasteiger charge is -2.28. The van der Waals surface area contributed by atoms with Gasteiger partial charge in [-0.05, 0) is 24.3 Å². The van der Waals surface area contributed by atoms with Crippen LogP contribution in [0.1, 0.15) is 12.8 Å². The number of rotatable bonds is 2. The maximum absolute atomic E-state index is 14.3. The molecule has 27 heavy (non-hydrogen) atoms. The second kappa shape index (κ2) is 6.12. The minimum atomic E-state index is -0.361. The molecule has 5 rings (SSSR count). The van der Waals surface area contributed by atoms with E-state index in [4.69, 9.17) is 4.98 Å². The lowest BCUT2D eigenvalue weighted by molar-refractivity contribution is -0.119. The Labute approximate surface area is 154 Å². The molecule has 0 radical (unpaired) electrons. The zero-order valence-electron chi connectivity index (χ0n) is 14.5. The molecule has 0 spiro atoms. The molecular weight excluding hydrogens is 345 g/mol. The van der Waals surface area contributed by atoms with Crippen LogP contribution < -0.4 is 4.90 Å². The number of fused-ring (bicyclic) bond motifs is 3. The van der Waals surface area contributed by atoms with Crippen LogP contribution in [0.15, 0.2) is 48.5 Å². The van der Waals surface area contributed by atoms with E-state index < -0.39 is 0 Å². The Balaban J connectivity index is 1.77. The minimum absolute atomic E-state index is 0.273. The van der Waals surface area contributed by atoms with E-state index >= 15 is 0 Å². The van der Waals surface area contributed by atoms with E-state index in [1.165, 1.54) is 6.07 Å². The van der Waals surface area contributed by atoms with Crippen LogP contribution in [0, 0.1) is 5.82 Å². The molecule has 0 unspecified atom stereocenters. The molecule has 2 aromatic heterocycles. The second-order valence-corrected chi connectivity index (χ2v) is 6.63. The predicted molar refractivity (Wildman–Crippen MR) is 100 cm³/mol. The number of nitrogens with zero attached hydrogens (tertiary/aromatic N) is 5. The van der Waals surface area contributed by atoms with Crippen molar-refractivity contribution in [3.8, 4) is 11.3 Å². The average Bonchev–Trinajstić information content (AvgIpc) is 3.12. The van der Waals surface area contributed by atoms with Crippen LogP contribution in [-0.2, 0) is 4.79 Å². The Bertz CT molecular complexity index is 1180. The van der Waals surface area contributed by atoms with E-state index in [0.29, 0.717) is 42.8 Å². The minimum Gasteiger partial charge on any atom is -0.355 e. The summed E-state index contributed by atoms with van der Waals surface area (Å²) >= 11 is 0. The molecule has 4 aromatic rings. The van der Waals surface area contributed by atoms with Crippen molar-refractivity contribution in [2.24, 2.45) is 0 Å². The van der Waals surface area contributed by atoms with Crippen LogP contribution in [-0.4, -0.2) is 38.7 Å². The summed E-state index contributed by atoms with van der Waals surface area (Å²) in [5.74, 6) is 0.695. The first kappa shape index (κ1) is 15.9. The van der Waals surface area contributed by atoms with Crippen LogP contribution in [0.5, 0.6) is 0 Å². The molecule has 0 aliphatic carbocycles. The summed E-state index contributed by atoms with van der Waals surface area (Å²) in [5, 5.41) is 9.37. The lowest BCUT2D eigenvalue weighted by atomic mass is 10.1. The third-order valence-corrected chi connectivity index (χ3v) is 4.98. The highest BCUT2D eigenvalue weighted by atomic mass is 19.1. The number of benzene rings is 2. The normalized spacial score (nSPS) is 15.0. The fourth-order valence-corrected chi connectivity index (χ4v) is 3.58. The first-order valence-electron chi connectivity index (χ1n) is 8.88. The van der Waals surface area contributed by atoms with Crippen LogP contribution in [0.25, 0.3) is 27.8 Å². The SMILES string of the molecule is O=C1CCN(c2nc3c(-c4ccccc4F)nnn3c3ccccc23)CC1. The molecule has 0 bridgehead atoms. The van der Waals surface area contributed by atoms with Crippen molar-refractivity contribution in [3.05, 3.63) is 54.3 Å². The highest BCUT2D eigenvalue weighted by Gasteiger charge is 2.23. The van der Waals surface area contributed by atoms with E-state index in [2.05, 4.69) is 15.2 Å². The Hall–Kier alpha value is -3.35. The van der Waals surface area contributed by atoms with E-state index in [9.17, 15) is 9.18 Å². The quantitative estimate of drug-likeness (QED) is 0.548. The van der Waals surface area contributed by atoms with Crippen molar-refractivity contribution in [2.45, 2.75) is 12.8 Å². The van der Waals surface area contributed by atoms with Crippen molar-refractivity contribution in [1.82, 2.24) is 19.8 Å². The van der Waals surface area contributed by atoms with Crippen LogP contribution in [0.3, 0.4) is 0 Å². The van der Waals surface area contributed by atoms with Gasteiger partial charge in [-0.1, -0.05) is 29.5 Å². The first-order valence-corrected chi connectivity index (χ1v) is 8.88. The molecule has 0 amide bonds. The number of halogens is 1. The van der Waals surface area contributed by atoms with Crippen molar-refractivity contribution in [2.75, 3.05) is 18.0 Å². The summed E-state index contributed by atoms with van der Waals surface area (Å²) < 4.78 is 16.0. The molecule has 2 aromatic carbocycles. The molecule has 1 aliphatic rings. The Morgan fingerprint density at radius 2 is 1.70 bits per heavy atom. The van der Waals surface area contributed by atoms with Crippen LogP contribution in [0.2, 0.25) is 0 Å². The number of carbonyl (C=O) groups excluding carboxylic acids is 1. The molecule has 3 heterocycles. The number of hydrogen-bond acceptors (Lipinski definition) is 5. The van der Waals surface area contributed by atoms with Gasteiger partial charge < -0.3 is 4.90 Å². The molecule has 6 nitrogen and oxygen atoms in total. The number of ketones is 1. The topological polar surface area (TPSA) is 63.4 Å². The van der Waals surface area contributed by atoms with Gasteiger partial charge in [0.1, 0.15) is 23.1 Å². The molecule has 1 saturated heterocycles. The zero-order chi connectivity index (χ0) is 18.4. The van der Waals surface area contributed by atoms with Crippen molar-refractivity contribution in [3.63, 3.8) is 0 Å². The van der Waals surface area contributed by atoms with E-state index in [0.717, 1.165) is 16.7 Å². The average molecular weight is 361 g/mol. The van der Waals surface area contributed by atoms with E-state index in [1.807, 2.05) is 24.3 Å². The lowest BCUT2D eigenvalue weighted by Crippen LogP contribution is -2.34. The van der Waals surface area contributed by atoms with Crippen LogP contribution >= 0.6 is 0 Å². The van der Waals surface area contributed by atoms with Gasteiger partial charge in [0.25, 0.3) is 0 Å². The van der Waals surface area contributed by atoms with Gasteiger partial charge in [-0.25, -0.2) is 9.37 Å². The highest BCUT2D eigenvalue weighted by Crippen LogP contribution is 2.31. The van der Waals surface area contributed by atoms with Gasteiger partial charge in [-0.3, -0.25) is 4.79 Å². The maximum Gasteiger partial charge on any atom is 0.186 e. The van der Waals surface area contributed by atoms with Gasteiger partial charge in [0.05, 0.1) is 5.52 Å². The summed E-state index contributed by atoms with van der Waals surface area (Å²) in [5.41, 5.74) is 2.14. The van der Waals surface area contributed by atoms with Crippen molar-refractivity contribution in [1.29, 1.82) is 0 Å². The summed E-state index contributed by atoms with van der Waals surface area (Å²) in [4.78, 5) is 18.6. The first-order chi connectivity index (χ1) is 13.2. The standard InChI is InChI=1S/C20H16FN5O/c21-16-7-3-1-5-14(16)18-20-22-19(25-11-9-13(27)10-12-25)15-6-2-4-8-17(15)26(20)24-23-18/h1-8H,9-12H2. The Morgan fingerprint density at radius 3 is 2.52 bits per heavy atom. The van der Waals surface area contributed by atoms with Gasteiger partial charge in [-0.2, -0.15) is 4.52 Å². The van der Waals surface area contributed by atoms with Gasteiger partial charge in [0.15, 0.2) is 5.65 Å². The molecule has 7 heteroatoms. The molecule has 1 aliphatic heterocycles. The van der Waals surface area contributed by atoms with Gasteiger partial charge in [0, 0.05) is 36.9 Å². The second-order valence-electron chi connectivity index (χ2n) is 6.63. The third-order valence-electron chi connectivity index (χ3n) is 4.98. The monoisotopic (exact) mass is 361 g/mol. The maximum atomic E-state index is 14.3. The van der Waals surface area contributed by atoms with Gasteiger partial charge in [-0.15, -0.1) is 5.10 Å². The number of hydrogen-bond donors (Lipinski definition) is 0. The summed E-state index contributed by atoms with van der Waals surface area (Å²) in [6.07, 6.45) is 1.03. The number of para-hydroxylation sites is 1. The summed E-state index contributed by atoms with van der Waals surface area (Å²) in [6.45, 7) is 1.26. The number of aromatic nitrogens is 4. The van der Waals surface area contributed by atoms with E-state index in [1.54, 1.807) is 22.7 Å². The highest BCUT2D eigenvalue weighted by molar-refractivity contribution is 5.94. The molecule has 134 valence electrons. The number of piperidine rings is 1. The number of Topliss-reactive ketones (excluding diaryl/α,β-unsaturated/α-hetero) is 1. The summed E-state index contributed by atoms with van der Waals surface area (Å²) in [6, 6.07) is 14.3. The van der Waals surface area contributed by atoms with Gasteiger partial charge in [0.2, 0.25) is 0 Å². The zero-order valence-corrected chi connectivity index (χ0v) is 14.5. The molecule has 0 saturated carbocycles. The number of carbonyl (C=O) groups is 1. The van der Waals surface area contributed by atoms with Gasteiger partial charge >= 0.3 is 0 Å². The largest absolute Gasteiger partial charge is 0.355 e. The Kier molecular flexibility index (Phi) is 3.60. The Morgan fingerprint density at radius 1 is 0.963 bits per heavy atom. The summed E-state index contributed by atoms with van der Waals surface area (Å²) in [7, 11) is 0. The van der Waals surface area contributed by atoms with E-state index in [-0.39, 0.29) is 11.6 Å². The molecule has 1 fully saturated rings.